The van der Waals surface area contributed by atoms with E-state index in [4.69, 9.17) is 5.73 Å². The van der Waals surface area contributed by atoms with Gasteiger partial charge in [-0.25, -0.2) is 4.98 Å². The van der Waals surface area contributed by atoms with Crippen LogP contribution in [0.3, 0.4) is 0 Å². The van der Waals surface area contributed by atoms with Crippen LogP contribution in [0.25, 0.3) is 0 Å². The van der Waals surface area contributed by atoms with Gasteiger partial charge in [0, 0.05) is 18.5 Å². The molecule has 1 aromatic rings. The molecule has 0 fully saturated rings. The predicted molar refractivity (Wildman–Crippen MR) is 79.5 cm³/mol. The molecule has 0 unspecified atom stereocenters. The molecular weight excluding hydrogens is 254 g/mol. The number of nitrogens with one attached hydrogen (secondary N) is 1. The Morgan fingerprint density at radius 3 is 2.30 bits per heavy atom. The van der Waals surface area contributed by atoms with Crippen molar-refractivity contribution in [1.82, 2.24) is 20.1 Å². The molecule has 1 heterocycles. The maximum atomic E-state index is 12.4. The minimum Gasteiger partial charge on any atom is -0.336 e. The molecule has 0 bridgehead atoms. The molecule has 0 atom stereocenters. The van der Waals surface area contributed by atoms with Crippen LogP contribution in [-0.4, -0.2) is 45.6 Å². The summed E-state index contributed by atoms with van der Waals surface area (Å²) in [4.78, 5) is 18.5. The molecule has 0 saturated heterocycles. The lowest BCUT2D eigenvalue weighted by Crippen LogP contribution is -2.42. The molecule has 0 radical (unpaired) electrons. The van der Waals surface area contributed by atoms with Crippen LogP contribution in [0.2, 0.25) is 0 Å². The Morgan fingerprint density at radius 2 is 1.90 bits per heavy atom. The monoisotopic (exact) mass is 281 g/mol. The first kappa shape index (κ1) is 16.6. The lowest BCUT2D eigenvalue weighted by atomic mass is 9.93. The standard InChI is InChI=1S/C14H27N5O/c1-7-19(9-14(5,6)8-15)11(20)10-16-12(18-17-10)13(2,3)4/h7-9,15H2,1-6H3,(H,16,17,18). The summed E-state index contributed by atoms with van der Waals surface area (Å²) in [6.07, 6.45) is 0. The fourth-order valence-electron chi connectivity index (χ4n) is 1.74. The molecule has 1 amide bonds. The maximum Gasteiger partial charge on any atom is 0.293 e. The molecule has 6 nitrogen and oxygen atoms in total. The number of H-pyrrole nitrogens is 1. The second kappa shape index (κ2) is 5.91. The second-order valence-electron chi connectivity index (χ2n) is 6.95. The highest BCUT2D eigenvalue weighted by Gasteiger charge is 2.27. The fraction of sp³-hybridized carbons (Fsp3) is 0.786. The quantitative estimate of drug-likeness (QED) is 0.857. The van der Waals surface area contributed by atoms with E-state index in [1.54, 1.807) is 4.90 Å². The summed E-state index contributed by atoms with van der Waals surface area (Å²) in [6, 6.07) is 0. The normalized spacial score (nSPS) is 12.6. The highest BCUT2D eigenvalue weighted by atomic mass is 16.2. The van der Waals surface area contributed by atoms with Crippen molar-refractivity contribution < 1.29 is 4.79 Å². The first-order valence-electron chi connectivity index (χ1n) is 7.03. The molecule has 1 aromatic heterocycles. The van der Waals surface area contributed by atoms with Gasteiger partial charge in [0.2, 0.25) is 5.82 Å². The summed E-state index contributed by atoms with van der Waals surface area (Å²) < 4.78 is 0. The predicted octanol–water partition coefficient (Wildman–Crippen LogP) is 1.55. The molecule has 6 heteroatoms. The third kappa shape index (κ3) is 4.03. The van der Waals surface area contributed by atoms with E-state index in [9.17, 15) is 4.79 Å². The number of nitrogens with zero attached hydrogens (tertiary/aromatic N) is 3. The average molecular weight is 281 g/mol. The number of aromatic amines is 1. The minimum absolute atomic E-state index is 0.116. The first-order valence-corrected chi connectivity index (χ1v) is 7.03. The summed E-state index contributed by atoms with van der Waals surface area (Å²) in [5, 5.41) is 6.90. The smallest absolute Gasteiger partial charge is 0.293 e. The number of aromatic nitrogens is 3. The number of hydrogen-bond acceptors (Lipinski definition) is 4. The van der Waals surface area contributed by atoms with Crippen LogP contribution in [0.5, 0.6) is 0 Å². The SMILES string of the molecule is CCN(CC(C)(C)CN)C(=O)c1n[nH]c(C(C)(C)C)n1. The van der Waals surface area contributed by atoms with Gasteiger partial charge < -0.3 is 10.6 Å². The van der Waals surface area contributed by atoms with E-state index >= 15 is 0 Å². The van der Waals surface area contributed by atoms with Gasteiger partial charge >= 0.3 is 0 Å². The van der Waals surface area contributed by atoms with Crippen molar-refractivity contribution in [2.75, 3.05) is 19.6 Å². The summed E-state index contributed by atoms with van der Waals surface area (Å²) in [6.45, 7) is 13.8. The number of nitrogens with two attached hydrogens (primary N) is 1. The van der Waals surface area contributed by atoms with Crippen LogP contribution < -0.4 is 5.73 Å². The van der Waals surface area contributed by atoms with E-state index in [0.717, 1.165) is 5.82 Å². The molecule has 0 aliphatic heterocycles. The number of carbonyl (C=O) groups excluding carboxylic acids is 1. The van der Waals surface area contributed by atoms with Crippen LogP contribution >= 0.6 is 0 Å². The zero-order valence-corrected chi connectivity index (χ0v) is 13.4. The van der Waals surface area contributed by atoms with Gasteiger partial charge in [0.1, 0.15) is 5.82 Å². The number of hydrogen-bond donors (Lipinski definition) is 2. The van der Waals surface area contributed by atoms with Gasteiger partial charge in [-0.1, -0.05) is 34.6 Å². The topological polar surface area (TPSA) is 87.9 Å². The van der Waals surface area contributed by atoms with E-state index in [0.29, 0.717) is 19.6 Å². The first-order chi connectivity index (χ1) is 9.10. The largest absolute Gasteiger partial charge is 0.336 e. The van der Waals surface area contributed by atoms with Crippen LogP contribution in [0.1, 0.15) is 58.0 Å². The van der Waals surface area contributed by atoms with Crippen molar-refractivity contribution in [3.63, 3.8) is 0 Å². The van der Waals surface area contributed by atoms with Crippen LogP contribution in [0, 0.1) is 5.41 Å². The van der Waals surface area contributed by atoms with Gasteiger partial charge in [-0.2, -0.15) is 0 Å². The summed E-state index contributed by atoms with van der Waals surface area (Å²) in [5.41, 5.74) is 5.46. The molecule has 0 saturated carbocycles. The Kier molecular flexibility index (Phi) is 4.91. The molecule has 0 spiro atoms. The van der Waals surface area contributed by atoms with Crippen molar-refractivity contribution in [2.45, 2.75) is 47.0 Å². The molecular formula is C14H27N5O. The molecule has 20 heavy (non-hydrogen) atoms. The Bertz CT molecular complexity index is 458. The van der Waals surface area contributed by atoms with Crippen LogP contribution in [0.4, 0.5) is 0 Å². The van der Waals surface area contributed by atoms with Crippen molar-refractivity contribution >= 4 is 5.91 Å². The number of carbonyl (C=O) groups is 1. The van der Waals surface area contributed by atoms with Crippen molar-refractivity contribution in [2.24, 2.45) is 11.1 Å². The lowest BCUT2D eigenvalue weighted by molar-refractivity contribution is 0.0689. The molecule has 0 aliphatic rings. The average Bonchev–Trinajstić information content (AvgIpc) is 2.84. The van der Waals surface area contributed by atoms with Gasteiger partial charge in [-0.15, -0.1) is 5.10 Å². The Labute approximate surface area is 121 Å². The summed E-state index contributed by atoms with van der Waals surface area (Å²) >= 11 is 0. The molecule has 0 aromatic carbocycles. The maximum absolute atomic E-state index is 12.4. The van der Waals surface area contributed by atoms with Gasteiger partial charge in [0.15, 0.2) is 0 Å². The minimum atomic E-state index is -0.154. The van der Waals surface area contributed by atoms with Crippen LogP contribution in [0.15, 0.2) is 0 Å². The summed E-state index contributed by atoms with van der Waals surface area (Å²) in [5.74, 6) is 0.792. The van der Waals surface area contributed by atoms with Gasteiger partial charge in [-0.3, -0.25) is 9.89 Å². The number of rotatable bonds is 5. The van der Waals surface area contributed by atoms with Crippen molar-refractivity contribution in [3.05, 3.63) is 11.6 Å². The highest BCUT2D eigenvalue weighted by Crippen LogP contribution is 2.19. The van der Waals surface area contributed by atoms with E-state index in [2.05, 4.69) is 15.2 Å². The Hall–Kier alpha value is -1.43. The zero-order chi connectivity index (χ0) is 15.6. The third-order valence-electron chi connectivity index (χ3n) is 3.23. The van der Waals surface area contributed by atoms with E-state index in [-0.39, 0.29) is 22.6 Å². The van der Waals surface area contributed by atoms with Gasteiger partial charge in [-0.05, 0) is 18.9 Å². The van der Waals surface area contributed by atoms with Crippen molar-refractivity contribution in [1.29, 1.82) is 0 Å². The highest BCUT2D eigenvalue weighted by molar-refractivity contribution is 5.90. The van der Waals surface area contributed by atoms with Crippen LogP contribution in [-0.2, 0) is 5.41 Å². The van der Waals surface area contributed by atoms with Crippen molar-refractivity contribution in [3.8, 4) is 0 Å². The molecule has 3 N–H and O–H groups in total. The molecule has 0 aliphatic carbocycles. The third-order valence-corrected chi connectivity index (χ3v) is 3.23. The summed E-state index contributed by atoms with van der Waals surface area (Å²) in [7, 11) is 0. The fourth-order valence-corrected chi connectivity index (χ4v) is 1.74. The zero-order valence-electron chi connectivity index (χ0n) is 13.4. The molecule has 1 rings (SSSR count). The van der Waals surface area contributed by atoms with Gasteiger partial charge in [0.05, 0.1) is 0 Å². The lowest BCUT2D eigenvalue weighted by Gasteiger charge is -2.30. The Morgan fingerprint density at radius 1 is 1.30 bits per heavy atom. The second-order valence-corrected chi connectivity index (χ2v) is 6.95. The van der Waals surface area contributed by atoms with E-state index in [1.807, 2.05) is 41.5 Å². The molecule has 114 valence electrons. The van der Waals surface area contributed by atoms with E-state index < -0.39 is 0 Å². The van der Waals surface area contributed by atoms with E-state index in [1.165, 1.54) is 0 Å². The van der Waals surface area contributed by atoms with Gasteiger partial charge in [0.25, 0.3) is 5.91 Å². The Balaban J connectivity index is 2.89. The number of amides is 1.